The van der Waals surface area contributed by atoms with Crippen LogP contribution in [0.1, 0.15) is 72.6 Å². The van der Waals surface area contributed by atoms with Crippen LogP contribution in [-0.2, 0) is 0 Å². The molecule has 1 saturated carbocycles. The Hall–Kier alpha value is -0.0400. The van der Waals surface area contributed by atoms with Crippen molar-refractivity contribution in [3.63, 3.8) is 0 Å². The van der Waals surface area contributed by atoms with Crippen molar-refractivity contribution in [3.8, 4) is 0 Å². The van der Waals surface area contributed by atoms with Gasteiger partial charge in [-0.1, -0.05) is 59.8 Å². The molecular weight excluding hydrogens is 206 g/mol. The molecule has 0 amide bonds. The van der Waals surface area contributed by atoms with Crippen LogP contribution in [0.15, 0.2) is 0 Å². The molecule has 1 rings (SSSR count). The van der Waals surface area contributed by atoms with Gasteiger partial charge in [-0.25, -0.2) is 0 Å². The summed E-state index contributed by atoms with van der Waals surface area (Å²) >= 11 is 0. The van der Waals surface area contributed by atoms with Crippen LogP contribution in [0.25, 0.3) is 0 Å². The lowest BCUT2D eigenvalue weighted by Gasteiger charge is -2.35. The van der Waals surface area contributed by atoms with Crippen molar-refractivity contribution in [2.45, 2.75) is 78.7 Å². The van der Waals surface area contributed by atoms with Crippen LogP contribution < -0.4 is 5.32 Å². The SMILES string of the molecule is CCC1CCCCC1CCC(NC)C(C)(C)C. The second-order valence-corrected chi connectivity index (χ2v) is 7.00. The van der Waals surface area contributed by atoms with E-state index in [4.69, 9.17) is 0 Å². The molecule has 1 nitrogen and oxygen atoms in total. The molecule has 1 aliphatic rings. The van der Waals surface area contributed by atoms with Crippen molar-refractivity contribution in [1.82, 2.24) is 5.32 Å². The zero-order valence-corrected chi connectivity index (χ0v) is 12.7. The second kappa shape index (κ2) is 6.78. The highest BCUT2D eigenvalue weighted by Crippen LogP contribution is 2.36. The molecule has 0 radical (unpaired) electrons. The smallest absolute Gasteiger partial charge is 0.0113 e. The Bertz CT molecular complexity index is 204. The summed E-state index contributed by atoms with van der Waals surface area (Å²) in [5.41, 5.74) is 0.394. The van der Waals surface area contributed by atoms with Gasteiger partial charge < -0.3 is 5.32 Å². The summed E-state index contributed by atoms with van der Waals surface area (Å²) in [5.74, 6) is 2.02. The highest BCUT2D eigenvalue weighted by molar-refractivity contribution is 4.82. The van der Waals surface area contributed by atoms with Crippen molar-refractivity contribution in [3.05, 3.63) is 0 Å². The fourth-order valence-corrected chi connectivity index (χ4v) is 3.59. The maximum atomic E-state index is 3.51. The number of rotatable bonds is 5. The van der Waals surface area contributed by atoms with E-state index in [1.54, 1.807) is 0 Å². The van der Waals surface area contributed by atoms with Crippen LogP contribution in [0, 0.1) is 17.3 Å². The molecule has 0 aromatic heterocycles. The molecule has 1 heteroatoms. The molecule has 0 aliphatic heterocycles. The van der Waals surface area contributed by atoms with Crippen LogP contribution in [0.3, 0.4) is 0 Å². The van der Waals surface area contributed by atoms with Gasteiger partial charge in [0, 0.05) is 6.04 Å². The van der Waals surface area contributed by atoms with Gasteiger partial charge in [0.2, 0.25) is 0 Å². The Kier molecular flexibility index (Phi) is 5.99. The summed E-state index contributed by atoms with van der Waals surface area (Å²) < 4.78 is 0. The lowest BCUT2D eigenvalue weighted by molar-refractivity contribution is 0.185. The molecule has 0 spiro atoms. The minimum atomic E-state index is 0.394. The molecule has 0 saturated heterocycles. The molecule has 17 heavy (non-hydrogen) atoms. The van der Waals surface area contributed by atoms with Gasteiger partial charge in [-0.05, 0) is 37.1 Å². The molecule has 3 unspecified atom stereocenters. The quantitative estimate of drug-likeness (QED) is 0.738. The van der Waals surface area contributed by atoms with Gasteiger partial charge in [-0.3, -0.25) is 0 Å². The molecule has 0 bridgehead atoms. The first-order valence-corrected chi connectivity index (χ1v) is 7.66. The first-order chi connectivity index (χ1) is 7.99. The van der Waals surface area contributed by atoms with Gasteiger partial charge in [-0.15, -0.1) is 0 Å². The largest absolute Gasteiger partial charge is 0.316 e. The van der Waals surface area contributed by atoms with E-state index >= 15 is 0 Å². The average Bonchev–Trinajstić information content (AvgIpc) is 2.28. The Balaban J connectivity index is 2.42. The summed E-state index contributed by atoms with van der Waals surface area (Å²) in [6, 6.07) is 0.668. The van der Waals surface area contributed by atoms with Crippen molar-refractivity contribution < 1.29 is 0 Å². The van der Waals surface area contributed by atoms with Gasteiger partial charge >= 0.3 is 0 Å². The van der Waals surface area contributed by atoms with E-state index in [0.717, 1.165) is 11.8 Å². The molecule has 0 heterocycles. The van der Waals surface area contributed by atoms with Gasteiger partial charge in [-0.2, -0.15) is 0 Å². The van der Waals surface area contributed by atoms with Gasteiger partial charge in [0.25, 0.3) is 0 Å². The summed E-state index contributed by atoms with van der Waals surface area (Å²) in [4.78, 5) is 0. The molecule has 0 aromatic carbocycles. The van der Waals surface area contributed by atoms with Gasteiger partial charge in [0.1, 0.15) is 0 Å². The van der Waals surface area contributed by atoms with Crippen LogP contribution in [-0.4, -0.2) is 13.1 Å². The summed E-state index contributed by atoms with van der Waals surface area (Å²) in [7, 11) is 2.12. The maximum Gasteiger partial charge on any atom is 0.0113 e. The summed E-state index contributed by atoms with van der Waals surface area (Å²) in [6.07, 6.45) is 10.1. The van der Waals surface area contributed by atoms with E-state index in [9.17, 15) is 0 Å². The third-order valence-corrected chi connectivity index (χ3v) is 4.81. The Morgan fingerprint density at radius 2 is 1.71 bits per heavy atom. The van der Waals surface area contributed by atoms with Crippen LogP contribution in [0.4, 0.5) is 0 Å². The highest BCUT2D eigenvalue weighted by atomic mass is 14.9. The third-order valence-electron chi connectivity index (χ3n) is 4.81. The molecule has 1 aliphatic carbocycles. The molecule has 1 N–H and O–H groups in total. The van der Waals surface area contributed by atoms with E-state index in [2.05, 4.69) is 40.1 Å². The highest BCUT2D eigenvalue weighted by Gasteiger charge is 2.27. The Labute approximate surface area is 109 Å². The van der Waals surface area contributed by atoms with E-state index in [1.807, 2.05) is 0 Å². The van der Waals surface area contributed by atoms with Crippen LogP contribution >= 0.6 is 0 Å². The average molecular weight is 239 g/mol. The summed E-state index contributed by atoms with van der Waals surface area (Å²) in [6.45, 7) is 9.44. The predicted molar refractivity (Wildman–Crippen MR) is 77.3 cm³/mol. The molecule has 102 valence electrons. The molecular formula is C16H33N. The lowest BCUT2D eigenvalue weighted by Crippen LogP contribution is -2.38. The minimum absolute atomic E-state index is 0.394. The fraction of sp³-hybridized carbons (Fsp3) is 1.00. The zero-order valence-electron chi connectivity index (χ0n) is 12.7. The molecule has 3 atom stereocenters. The van der Waals surface area contributed by atoms with E-state index in [0.29, 0.717) is 11.5 Å². The molecule has 1 fully saturated rings. The monoisotopic (exact) mass is 239 g/mol. The lowest BCUT2D eigenvalue weighted by atomic mass is 9.73. The Morgan fingerprint density at radius 3 is 2.18 bits per heavy atom. The Morgan fingerprint density at radius 1 is 1.12 bits per heavy atom. The molecule has 0 aromatic rings. The van der Waals surface area contributed by atoms with Gasteiger partial charge in [0.05, 0.1) is 0 Å². The number of hydrogen-bond donors (Lipinski definition) is 1. The number of hydrogen-bond acceptors (Lipinski definition) is 1. The van der Waals surface area contributed by atoms with Crippen molar-refractivity contribution in [2.75, 3.05) is 7.05 Å². The first kappa shape index (κ1) is 15.0. The van der Waals surface area contributed by atoms with Crippen molar-refractivity contribution in [1.29, 1.82) is 0 Å². The second-order valence-electron chi connectivity index (χ2n) is 7.00. The minimum Gasteiger partial charge on any atom is -0.316 e. The zero-order chi connectivity index (χ0) is 12.9. The standard InChI is InChI=1S/C16H33N/c1-6-13-9-7-8-10-14(13)11-12-15(17-5)16(2,3)4/h13-15,17H,6-12H2,1-5H3. The maximum absolute atomic E-state index is 3.51. The first-order valence-electron chi connectivity index (χ1n) is 7.66. The van der Waals surface area contributed by atoms with Gasteiger partial charge in [0.15, 0.2) is 0 Å². The van der Waals surface area contributed by atoms with Crippen molar-refractivity contribution in [2.24, 2.45) is 17.3 Å². The summed E-state index contributed by atoms with van der Waals surface area (Å²) in [5, 5.41) is 3.51. The van der Waals surface area contributed by atoms with E-state index in [1.165, 1.54) is 44.9 Å². The van der Waals surface area contributed by atoms with Crippen molar-refractivity contribution >= 4 is 0 Å². The third kappa shape index (κ3) is 4.62. The topological polar surface area (TPSA) is 12.0 Å². The fourth-order valence-electron chi connectivity index (χ4n) is 3.59. The van der Waals surface area contributed by atoms with E-state index < -0.39 is 0 Å². The van der Waals surface area contributed by atoms with Crippen LogP contribution in [0.2, 0.25) is 0 Å². The van der Waals surface area contributed by atoms with E-state index in [-0.39, 0.29) is 0 Å². The van der Waals surface area contributed by atoms with Crippen LogP contribution in [0.5, 0.6) is 0 Å². The predicted octanol–water partition coefficient (Wildman–Crippen LogP) is 4.62. The normalized spacial score (nSPS) is 28.1. The number of nitrogens with one attached hydrogen (secondary N) is 1.